The number of hydrazine groups is 1. The lowest BCUT2D eigenvalue weighted by atomic mass is 9.83. The quantitative estimate of drug-likeness (QED) is 0.627. The first-order chi connectivity index (χ1) is 10.1. The van der Waals surface area contributed by atoms with E-state index in [0.717, 1.165) is 47.1 Å². The van der Waals surface area contributed by atoms with Crippen LogP contribution in [0.1, 0.15) is 50.4 Å². The summed E-state index contributed by atoms with van der Waals surface area (Å²) in [5.74, 6) is 8.61. The standard InChI is InChI=1S/C16H27ClN4/c1-3-21-15(16(17)10(2)20-21)9-14(19-18)8-13-7-11-4-5-12(13)6-11/h11-14,19H,3-9,18H2,1-2H3. The summed E-state index contributed by atoms with van der Waals surface area (Å²) in [6.07, 6.45) is 7.78. The average Bonchev–Trinajstić information content (AvgIpc) is 3.16. The highest BCUT2D eigenvalue weighted by molar-refractivity contribution is 6.31. The van der Waals surface area contributed by atoms with Crippen LogP contribution < -0.4 is 11.3 Å². The smallest absolute Gasteiger partial charge is 0.0847 e. The number of halogens is 1. The lowest BCUT2D eigenvalue weighted by molar-refractivity contribution is 0.276. The molecule has 0 aliphatic heterocycles. The van der Waals surface area contributed by atoms with Gasteiger partial charge in [-0.05, 0) is 57.3 Å². The molecule has 0 radical (unpaired) electrons. The van der Waals surface area contributed by atoms with Crippen molar-refractivity contribution in [2.75, 3.05) is 0 Å². The second-order valence-electron chi connectivity index (χ2n) is 6.90. The summed E-state index contributed by atoms with van der Waals surface area (Å²) in [5.41, 5.74) is 5.07. The van der Waals surface area contributed by atoms with Crippen LogP contribution in [0.15, 0.2) is 0 Å². The van der Waals surface area contributed by atoms with Gasteiger partial charge in [-0.25, -0.2) is 0 Å². The van der Waals surface area contributed by atoms with Crippen LogP contribution in [-0.4, -0.2) is 15.8 Å². The molecular weight excluding hydrogens is 284 g/mol. The van der Waals surface area contributed by atoms with Crippen molar-refractivity contribution < 1.29 is 0 Å². The molecule has 2 saturated carbocycles. The van der Waals surface area contributed by atoms with E-state index in [0.29, 0.717) is 6.04 Å². The topological polar surface area (TPSA) is 55.9 Å². The molecule has 1 heterocycles. The van der Waals surface area contributed by atoms with E-state index < -0.39 is 0 Å². The summed E-state index contributed by atoms with van der Waals surface area (Å²) in [6, 6.07) is 0.299. The van der Waals surface area contributed by atoms with E-state index in [1.165, 1.54) is 32.1 Å². The molecule has 3 N–H and O–H groups in total. The molecule has 1 aromatic heterocycles. The Balaban J connectivity index is 1.67. The molecule has 0 amide bonds. The number of hydrogen-bond acceptors (Lipinski definition) is 3. The van der Waals surface area contributed by atoms with Crippen LogP contribution in [-0.2, 0) is 13.0 Å². The number of aryl methyl sites for hydroxylation is 2. The van der Waals surface area contributed by atoms with E-state index in [2.05, 4.69) is 17.4 Å². The molecule has 3 rings (SSSR count). The molecular formula is C16H27ClN4. The minimum absolute atomic E-state index is 0.299. The second kappa shape index (κ2) is 6.27. The van der Waals surface area contributed by atoms with Crippen LogP contribution >= 0.6 is 11.6 Å². The van der Waals surface area contributed by atoms with Gasteiger partial charge in [-0.3, -0.25) is 16.0 Å². The fourth-order valence-corrected chi connectivity index (χ4v) is 4.75. The van der Waals surface area contributed by atoms with Gasteiger partial charge in [0.05, 0.1) is 16.4 Å². The van der Waals surface area contributed by atoms with Crippen molar-refractivity contribution in [1.29, 1.82) is 0 Å². The van der Waals surface area contributed by atoms with Crippen molar-refractivity contribution in [3.05, 3.63) is 16.4 Å². The molecule has 4 atom stereocenters. The van der Waals surface area contributed by atoms with Gasteiger partial charge in [0, 0.05) is 19.0 Å². The average molecular weight is 311 g/mol. The van der Waals surface area contributed by atoms with Crippen LogP contribution in [0.2, 0.25) is 5.02 Å². The van der Waals surface area contributed by atoms with Crippen molar-refractivity contribution >= 4 is 11.6 Å². The number of rotatable bonds is 6. The van der Waals surface area contributed by atoms with E-state index in [9.17, 15) is 0 Å². The minimum Gasteiger partial charge on any atom is -0.271 e. The SMILES string of the molecule is CCn1nc(C)c(Cl)c1CC(CC1CC2CCC1C2)NN. The highest BCUT2D eigenvalue weighted by Gasteiger charge is 2.40. The van der Waals surface area contributed by atoms with Crippen molar-refractivity contribution in [1.82, 2.24) is 15.2 Å². The summed E-state index contributed by atoms with van der Waals surface area (Å²) >= 11 is 6.42. The van der Waals surface area contributed by atoms with Gasteiger partial charge in [-0.2, -0.15) is 5.10 Å². The van der Waals surface area contributed by atoms with Gasteiger partial charge in [-0.15, -0.1) is 0 Å². The fraction of sp³-hybridized carbons (Fsp3) is 0.812. The minimum atomic E-state index is 0.299. The highest BCUT2D eigenvalue weighted by atomic mass is 35.5. The maximum Gasteiger partial charge on any atom is 0.0847 e. The second-order valence-corrected chi connectivity index (χ2v) is 7.28. The van der Waals surface area contributed by atoms with Gasteiger partial charge in [0.25, 0.3) is 0 Å². The van der Waals surface area contributed by atoms with Gasteiger partial charge in [0.1, 0.15) is 0 Å². The highest BCUT2D eigenvalue weighted by Crippen LogP contribution is 2.50. The summed E-state index contributed by atoms with van der Waals surface area (Å²) < 4.78 is 2.02. The third-order valence-electron chi connectivity index (χ3n) is 5.60. The lowest BCUT2D eigenvalue weighted by Crippen LogP contribution is -2.39. The van der Waals surface area contributed by atoms with Crippen molar-refractivity contribution in [3.63, 3.8) is 0 Å². The normalized spacial score (nSPS) is 29.2. The van der Waals surface area contributed by atoms with Gasteiger partial charge < -0.3 is 0 Å². The van der Waals surface area contributed by atoms with Gasteiger partial charge >= 0.3 is 0 Å². The predicted molar refractivity (Wildman–Crippen MR) is 86.0 cm³/mol. The Hall–Kier alpha value is -0.580. The zero-order chi connectivity index (χ0) is 15.0. The predicted octanol–water partition coefficient (Wildman–Crippen LogP) is 3.07. The number of nitrogens with two attached hydrogens (primary N) is 1. The van der Waals surface area contributed by atoms with Crippen LogP contribution in [0.5, 0.6) is 0 Å². The maximum absolute atomic E-state index is 6.42. The molecule has 4 nitrogen and oxygen atoms in total. The Morgan fingerprint density at radius 2 is 2.24 bits per heavy atom. The molecule has 2 fully saturated rings. The molecule has 0 saturated heterocycles. The van der Waals surface area contributed by atoms with Crippen LogP contribution in [0.4, 0.5) is 0 Å². The number of aromatic nitrogens is 2. The molecule has 1 aromatic rings. The van der Waals surface area contributed by atoms with E-state index in [1.54, 1.807) is 0 Å². The third-order valence-corrected chi connectivity index (χ3v) is 6.09. The number of nitrogens with zero attached hydrogens (tertiary/aromatic N) is 2. The van der Waals surface area contributed by atoms with Crippen LogP contribution in [0.25, 0.3) is 0 Å². The van der Waals surface area contributed by atoms with Crippen molar-refractivity contribution in [2.24, 2.45) is 23.6 Å². The summed E-state index contributed by atoms with van der Waals surface area (Å²) in [5, 5.41) is 5.31. The monoisotopic (exact) mass is 310 g/mol. The molecule has 21 heavy (non-hydrogen) atoms. The Morgan fingerprint density at radius 3 is 2.81 bits per heavy atom. The summed E-state index contributed by atoms with van der Waals surface area (Å²) in [7, 11) is 0. The van der Waals surface area contributed by atoms with E-state index in [4.69, 9.17) is 17.4 Å². The Kier molecular flexibility index (Phi) is 4.57. The van der Waals surface area contributed by atoms with Crippen molar-refractivity contribution in [2.45, 2.75) is 65.0 Å². The molecule has 0 spiro atoms. The zero-order valence-corrected chi connectivity index (χ0v) is 13.9. The molecule has 118 valence electrons. The molecule has 2 aliphatic rings. The zero-order valence-electron chi connectivity index (χ0n) is 13.1. The number of nitrogens with one attached hydrogen (secondary N) is 1. The molecule has 5 heteroatoms. The first-order valence-corrected chi connectivity index (χ1v) is 8.68. The van der Waals surface area contributed by atoms with E-state index in [1.807, 2.05) is 11.6 Å². The number of hydrogen-bond donors (Lipinski definition) is 2. The van der Waals surface area contributed by atoms with Gasteiger partial charge in [0.2, 0.25) is 0 Å². The summed E-state index contributed by atoms with van der Waals surface area (Å²) in [6.45, 7) is 4.93. The van der Waals surface area contributed by atoms with E-state index >= 15 is 0 Å². The van der Waals surface area contributed by atoms with Gasteiger partial charge in [0.15, 0.2) is 0 Å². The number of fused-ring (bicyclic) bond motifs is 2. The van der Waals surface area contributed by atoms with Crippen LogP contribution in [0.3, 0.4) is 0 Å². The Morgan fingerprint density at radius 1 is 1.43 bits per heavy atom. The molecule has 2 bridgehead atoms. The first kappa shape index (κ1) is 15.3. The third kappa shape index (κ3) is 2.99. The Bertz CT molecular complexity index is 499. The largest absolute Gasteiger partial charge is 0.271 e. The van der Waals surface area contributed by atoms with E-state index in [-0.39, 0.29) is 0 Å². The van der Waals surface area contributed by atoms with Gasteiger partial charge in [-0.1, -0.05) is 18.0 Å². The van der Waals surface area contributed by atoms with Crippen LogP contribution in [0, 0.1) is 24.7 Å². The maximum atomic E-state index is 6.42. The molecule has 0 aromatic carbocycles. The molecule has 4 unspecified atom stereocenters. The Labute approximate surface area is 132 Å². The fourth-order valence-electron chi connectivity index (χ4n) is 4.54. The summed E-state index contributed by atoms with van der Waals surface area (Å²) in [4.78, 5) is 0. The van der Waals surface area contributed by atoms with Crippen molar-refractivity contribution in [3.8, 4) is 0 Å². The lowest BCUT2D eigenvalue weighted by Gasteiger charge is -2.26. The first-order valence-electron chi connectivity index (χ1n) is 8.30. The molecule has 2 aliphatic carbocycles.